The molecule has 2 aromatic rings. The minimum atomic E-state index is -0.985. The van der Waals surface area contributed by atoms with Gasteiger partial charge in [-0.15, -0.1) is 0 Å². The summed E-state index contributed by atoms with van der Waals surface area (Å²) in [6.07, 6.45) is 0.213. The minimum Gasteiger partial charge on any atom is -0.325 e. The Morgan fingerprint density at radius 2 is 1.90 bits per heavy atom. The van der Waals surface area contributed by atoms with Crippen LogP contribution in [-0.4, -0.2) is 35.2 Å². The Hall–Kier alpha value is -3.66. The molecule has 0 aliphatic carbocycles. The number of benzene rings is 2. The second-order valence-corrected chi connectivity index (χ2v) is 7.47. The molecule has 4 rings (SSSR count). The topological polar surface area (TPSA) is 102 Å². The van der Waals surface area contributed by atoms with Gasteiger partial charge in [0.1, 0.15) is 12.0 Å². The summed E-state index contributed by atoms with van der Waals surface area (Å²) in [4.78, 5) is 39.8. The standard InChI is InChI=1S/C22H20N4O3/c1-14(19(27)24-15-7-3-2-4-8-15)20(28)26-13-22(11-16(26)12-23)17-9-5-6-10-18(17)25-21(22)29/h2-10,14,16H,11,13H2,1H3,(H,24,27)(H,25,29)/t14?,16?,22-/m0/s1. The lowest BCUT2D eigenvalue weighted by atomic mass is 9.80. The van der Waals surface area contributed by atoms with Crippen molar-refractivity contribution in [2.24, 2.45) is 5.92 Å². The van der Waals surface area contributed by atoms with E-state index in [1.165, 1.54) is 11.8 Å². The molecule has 1 spiro atoms. The number of nitrogens with one attached hydrogen (secondary N) is 2. The molecule has 7 nitrogen and oxygen atoms in total. The molecule has 2 N–H and O–H groups in total. The Bertz CT molecular complexity index is 1030. The van der Waals surface area contributed by atoms with E-state index in [1.54, 1.807) is 24.3 Å². The van der Waals surface area contributed by atoms with Crippen molar-refractivity contribution in [1.82, 2.24) is 4.90 Å². The molecule has 3 atom stereocenters. The van der Waals surface area contributed by atoms with Crippen LogP contribution in [0, 0.1) is 17.2 Å². The molecule has 29 heavy (non-hydrogen) atoms. The van der Waals surface area contributed by atoms with Crippen molar-refractivity contribution in [1.29, 1.82) is 5.26 Å². The number of carbonyl (C=O) groups excluding carboxylic acids is 3. The first-order chi connectivity index (χ1) is 14.0. The van der Waals surface area contributed by atoms with E-state index in [0.29, 0.717) is 11.4 Å². The van der Waals surface area contributed by atoms with Gasteiger partial charge in [0.2, 0.25) is 17.7 Å². The monoisotopic (exact) mass is 388 g/mol. The minimum absolute atomic E-state index is 0.0792. The Morgan fingerprint density at radius 1 is 1.21 bits per heavy atom. The Morgan fingerprint density at radius 3 is 2.62 bits per heavy atom. The summed E-state index contributed by atoms with van der Waals surface area (Å²) in [5.41, 5.74) is 1.14. The number of para-hydroxylation sites is 2. The van der Waals surface area contributed by atoms with E-state index in [1.807, 2.05) is 30.3 Å². The van der Waals surface area contributed by atoms with Crippen LogP contribution in [0.5, 0.6) is 0 Å². The zero-order valence-corrected chi connectivity index (χ0v) is 15.9. The van der Waals surface area contributed by atoms with Gasteiger partial charge >= 0.3 is 0 Å². The van der Waals surface area contributed by atoms with Crippen LogP contribution in [0.4, 0.5) is 11.4 Å². The van der Waals surface area contributed by atoms with Gasteiger partial charge in [0.25, 0.3) is 0 Å². The smallest absolute Gasteiger partial charge is 0.237 e. The highest BCUT2D eigenvalue weighted by molar-refractivity contribution is 6.09. The number of nitriles is 1. The van der Waals surface area contributed by atoms with E-state index in [0.717, 1.165) is 5.56 Å². The van der Waals surface area contributed by atoms with Gasteiger partial charge in [-0.1, -0.05) is 36.4 Å². The number of amides is 3. The first kappa shape index (κ1) is 18.7. The molecule has 2 heterocycles. The number of likely N-dealkylation sites (tertiary alicyclic amines) is 1. The highest BCUT2D eigenvalue weighted by Gasteiger charge is 2.56. The fourth-order valence-electron chi connectivity index (χ4n) is 4.12. The molecule has 1 fully saturated rings. The lowest BCUT2D eigenvalue weighted by Gasteiger charge is -2.25. The average Bonchev–Trinajstić information content (AvgIpc) is 3.26. The van der Waals surface area contributed by atoms with Crippen molar-refractivity contribution in [2.45, 2.75) is 24.8 Å². The Balaban J connectivity index is 1.57. The quantitative estimate of drug-likeness (QED) is 0.788. The summed E-state index contributed by atoms with van der Waals surface area (Å²) in [7, 11) is 0. The van der Waals surface area contributed by atoms with Gasteiger partial charge in [-0.3, -0.25) is 14.4 Å². The fraction of sp³-hybridized carbons (Fsp3) is 0.273. The summed E-state index contributed by atoms with van der Waals surface area (Å²) >= 11 is 0. The van der Waals surface area contributed by atoms with Gasteiger partial charge in [0.05, 0.1) is 11.5 Å². The third-order valence-electron chi connectivity index (χ3n) is 5.72. The SMILES string of the molecule is CC(C(=O)Nc1ccccc1)C(=O)N1C[C@]2(CC1C#N)C(=O)Nc1ccccc12. The maximum absolute atomic E-state index is 13.1. The molecule has 0 bridgehead atoms. The van der Waals surface area contributed by atoms with E-state index in [2.05, 4.69) is 16.7 Å². The zero-order chi connectivity index (χ0) is 20.6. The van der Waals surface area contributed by atoms with E-state index >= 15 is 0 Å². The maximum atomic E-state index is 13.1. The van der Waals surface area contributed by atoms with Crippen LogP contribution < -0.4 is 10.6 Å². The lowest BCUT2D eigenvalue weighted by molar-refractivity contribution is -0.139. The van der Waals surface area contributed by atoms with Crippen molar-refractivity contribution in [3.8, 4) is 6.07 Å². The number of hydrogen-bond donors (Lipinski definition) is 2. The van der Waals surface area contributed by atoms with Crippen molar-refractivity contribution < 1.29 is 14.4 Å². The molecule has 3 amide bonds. The summed E-state index contributed by atoms with van der Waals surface area (Å²) in [6.45, 7) is 1.60. The molecule has 2 aromatic carbocycles. The van der Waals surface area contributed by atoms with Crippen molar-refractivity contribution >= 4 is 29.1 Å². The van der Waals surface area contributed by atoms with Crippen LogP contribution in [0.3, 0.4) is 0 Å². The third kappa shape index (κ3) is 3.03. The molecule has 2 unspecified atom stereocenters. The molecular formula is C22H20N4O3. The van der Waals surface area contributed by atoms with Gasteiger partial charge in [0.15, 0.2) is 0 Å². The number of fused-ring (bicyclic) bond motifs is 2. The van der Waals surface area contributed by atoms with Gasteiger partial charge in [-0.25, -0.2) is 0 Å². The first-order valence-electron chi connectivity index (χ1n) is 9.43. The summed E-state index contributed by atoms with van der Waals surface area (Å²) in [6, 6.07) is 17.6. The normalized spacial score (nSPS) is 23.2. The number of hydrogen-bond acceptors (Lipinski definition) is 4. The van der Waals surface area contributed by atoms with E-state index in [4.69, 9.17) is 0 Å². The second kappa shape index (κ2) is 7.06. The highest BCUT2D eigenvalue weighted by Crippen LogP contribution is 2.46. The average molecular weight is 388 g/mol. The predicted molar refractivity (Wildman–Crippen MR) is 107 cm³/mol. The molecule has 7 heteroatoms. The molecule has 0 aromatic heterocycles. The third-order valence-corrected chi connectivity index (χ3v) is 5.72. The maximum Gasteiger partial charge on any atom is 0.237 e. The predicted octanol–water partition coefficient (Wildman–Crippen LogP) is 2.28. The summed E-state index contributed by atoms with van der Waals surface area (Å²) < 4.78 is 0. The lowest BCUT2D eigenvalue weighted by Crippen LogP contribution is -2.44. The van der Waals surface area contributed by atoms with Crippen LogP contribution in [0.2, 0.25) is 0 Å². The van der Waals surface area contributed by atoms with Gasteiger partial charge in [0, 0.05) is 24.3 Å². The second-order valence-electron chi connectivity index (χ2n) is 7.47. The van der Waals surface area contributed by atoms with Crippen LogP contribution in [0.25, 0.3) is 0 Å². The molecule has 2 aliphatic heterocycles. The van der Waals surface area contributed by atoms with E-state index in [-0.39, 0.29) is 18.9 Å². The summed E-state index contributed by atoms with van der Waals surface area (Å²) in [5.74, 6) is -2.11. The van der Waals surface area contributed by atoms with Crippen LogP contribution in [0.15, 0.2) is 54.6 Å². The van der Waals surface area contributed by atoms with Gasteiger partial charge < -0.3 is 15.5 Å². The number of anilines is 2. The molecule has 0 radical (unpaired) electrons. The molecule has 1 saturated heterocycles. The van der Waals surface area contributed by atoms with Crippen LogP contribution in [0.1, 0.15) is 18.9 Å². The Labute approximate surface area is 168 Å². The zero-order valence-electron chi connectivity index (χ0n) is 15.9. The fourth-order valence-corrected chi connectivity index (χ4v) is 4.12. The van der Waals surface area contributed by atoms with Crippen LogP contribution in [-0.2, 0) is 19.8 Å². The van der Waals surface area contributed by atoms with Crippen molar-refractivity contribution in [3.63, 3.8) is 0 Å². The first-order valence-corrected chi connectivity index (χ1v) is 9.43. The molecular weight excluding hydrogens is 368 g/mol. The number of rotatable bonds is 3. The Kier molecular flexibility index (Phi) is 4.55. The highest BCUT2D eigenvalue weighted by atomic mass is 16.2. The summed E-state index contributed by atoms with van der Waals surface area (Å²) in [5, 5.41) is 15.2. The van der Waals surface area contributed by atoms with Gasteiger partial charge in [-0.05, 0) is 30.7 Å². The molecule has 146 valence electrons. The van der Waals surface area contributed by atoms with E-state index < -0.39 is 29.2 Å². The van der Waals surface area contributed by atoms with Gasteiger partial charge in [-0.2, -0.15) is 5.26 Å². The number of carbonyl (C=O) groups is 3. The van der Waals surface area contributed by atoms with Crippen molar-refractivity contribution in [2.75, 3.05) is 17.2 Å². The molecule has 0 saturated carbocycles. The van der Waals surface area contributed by atoms with Crippen molar-refractivity contribution in [3.05, 3.63) is 60.2 Å². The van der Waals surface area contributed by atoms with Crippen LogP contribution >= 0.6 is 0 Å². The number of nitrogens with zero attached hydrogens (tertiary/aromatic N) is 2. The molecule has 2 aliphatic rings. The van der Waals surface area contributed by atoms with E-state index in [9.17, 15) is 19.6 Å². The largest absolute Gasteiger partial charge is 0.325 e.